The van der Waals surface area contributed by atoms with Crippen molar-refractivity contribution >= 4 is 23.3 Å². The number of likely N-dealkylation sites (tertiary alicyclic amines) is 1. The fraction of sp³-hybridized carbons (Fsp3) is 0.433. The van der Waals surface area contributed by atoms with E-state index in [1.165, 1.54) is 7.11 Å². The first-order valence-corrected chi connectivity index (χ1v) is 14.5. The number of aryl methyl sites for hydroxylation is 2. The molecule has 2 aromatic heterocycles. The molecule has 3 heterocycles. The predicted octanol–water partition coefficient (Wildman–Crippen LogP) is 5.17. The van der Waals surface area contributed by atoms with E-state index in [-0.39, 0.29) is 18.0 Å². The van der Waals surface area contributed by atoms with Gasteiger partial charge in [-0.2, -0.15) is 11.3 Å². The molecular formula is C30H39N5O3S. The molecule has 3 aromatic rings. The number of amides is 3. The number of rotatable bonds is 10. The van der Waals surface area contributed by atoms with Crippen LogP contribution in [0.1, 0.15) is 53.2 Å². The van der Waals surface area contributed by atoms with Crippen molar-refractivity contribution in [1.82, 2.24) is 25.6 Å². The summed E-state index contributed by atoms with van der Waals surface area (Å²) < 4.78 is 0. The van der Waals surface area contributed by atoms with Crippen LogP contribution in [0, 0.1) is 13.8 Å². The van der Waals surface area contributed by atoms with E-state index in [2.05, 4.69) is 51.2 Å². The van der Waals surface area contributed by atoms with Gasteiger partial charge in [-0.25, -0.2) is 10.3 Å². The van der Waals surface area contributed by atoms with Gasteiger partial charge in [0.1, 0.15) is 0 Å². The van der Waals surface area contributed by atoms with Crippen LogP contribution in [-0.2, 0) is 11.4 Å². The summed E-state index contributed by atoms with van der Waals surface area (Å²) in [5, 5.41) is 7.25. The number of thiophene rings is 1. The molecule has 0 bridgehead atoms. The first-order chi connectivity index (χ1) is 18.9. The zero-order valence-electron chi connectivity index (χ0n) is 23.3. The molecule has 1 unspecified atom stereocenters. The van der Waals surface area contributed by atoms with Crippen molar-refractivity contribution in [2.45, 2.75) is 58.7 Å². The summed E-state index contributed by atoms with van der Waals surface area (Å²) in [7, 11) is 1.46. The van der Waals surface area contributed by atoms with Crippen LogP contribution in [0.5, 0.6) is 0 Å². The number of urea groups is 1. The third-order valence-corrected chi connectivity index (χ3v) is 8.30. The maximum Gasteiger partial charge on any atom is 0.341 e. The van der Waals surface area contributed by atoms with Gasteiger partial charge in [-0.15, -0.1) is 0 Å². The van der Waals surface area contributed by atoms with Crippen LogP contribution >= 0.6 is 11.3 Å². The van der Waals surface area contributed by atoms with Crippen molar-refractivity contribution in [3.8, 4) is 11.1 Å². The highest BCUT2D eigenvalue weighted by atomic mass is 32.1. The number of nitrogens with zero attached hydrogens (tertiary/aromatic N) is 3. The topological polar surface area (TPSA) is 86.8 Å². The lowest BCUT2D eigenvalue weighted by Gasteiger charge is -2.40. The summed E-state index contributed by atoms with van der Waals surface area (Å²) in [6, 6.07) is 10.4. The second kappa shape index (κ2) is 13.7. The van der Waals surface area contributed by atoms with E-state index in [9.17, 15) is 9.59 Å². The Labute approximate surface area is 235 Å². The summed E-state index contributed by atoms with van der Waals surface area (Å²) in [5.74, 6) is -0.0228. The summed E-state index contributed by atoms with van der Waals surface area (Å²) in [5.41, 5.74) is 8.51. The van der Waals surface area contributed by atoms with Crippen molar-refractivity contribution in [2.75, 3.05) is 26.7 Å². The first kappa shape index (κ1) is 28.7. The van der Waals surface area contributed by atoms with Crippen LogP contribution in [0.4, 0.5) is 4.79 Å². The predicted molar refractivity (Wildman–Crippen MR) is 156 cm³/mol. The summed E-state index contributed by atoms with van der Waals surface area (Å²) in [4.78, 5) is 39.1. The molecule has 2 N–H and O–H groups in total. The van der Waals surface area contributed by atoms with Crippen LogP contribution in [0.2, 0.25) is 0 Å². The molecule has 1 aliphatic heterocycles. The van der Waals surface area contributed by atoms with E-state index in [1.54, 1.807) is 23.7 Å². The number of piperidine rings is 1. The Morgan fingerprint density at radius 2 is 1.82 bits per heavy atom. The molecule has 8 nitrogen and oxygen atoms in total. The molecule has 39 heavy (non-hydrogen) atoms. The molecule has 3 amide bonds. The second-order valence-electron chi connectivity index (χ2n) is 10.3. The Hall–Kier alpha value is -3.27. The number of hydrogen-bond donors (Lipinski definition) is 2. The largest absolute Gasteiger partial charge is 0.352 e. The smallest absolute Gasteiger partial charge is 0.341 e. The van der Waals surface area contributed by atoms with Crippen LogP contribution < -0.4 is 10.8 Å². The van der Waals surface area contributed by atoms with Gasteiger partial charge in [0.05, 0.1) is 7.11 Å². The highest BCUT2D eigenvalue weighted by Crippen LogP contribution is 2.25. The molecular weight excluding hydrogens is 510 g/mol. The van der Waals surface area contributed by atoms with E-state index in [4.69, 9.17) is 4.84 Å². The number of hydrogen-bond acceptors (Lipinski definition) is 6. The fourth-order valence-electron chi connectivity index (χ4n) is 5.43. The molecule has 1 saturated heterocycles. The summed E-state index contributed by atoms with van der Waals surface area (Å²) in [6.07, 6.45) is 6.24. The number of aromatic nitrogens is 1. The number of carbonyl (C=O) groups excluding carboxylic acids is 2. The lowest BCUT2D eigenvalue weighted by atomic mass is 9.95. The Balaban J connectivity index is 1.27. The zero-order valence-corrected chi connectivity index (χ0v) is 24.1. The Kier molecular flexibility index (Phi) is 10.1. The highest BCUT2D eigenvalue weighted by molar-refractivity contribution is 7.07. The van der Waals surface area contributed by atoms with Crippen LogP contribution in [0.15, 0.2) is 53.5 Å². The Morgan fingerprint density at radius 3 is 2.44 bits per heavy atom. The molecule has 1 aromatic carbocycles. The van der Waals surface area contributed by atoms with E-state index in [0.29, 0.717) is 19.1 Å². The normalized spacial score (nSPS) is 15.1. The third kappa shape index (κ3) is 7.44. The van der Waals surface area contributed by atoms with E-state index >= 15 is 0 Å². The lowest BCUT2D eigenvalue weighted by molar-refractivity contribution is 0.0565. The summed E-state index contributed by atoms with van der Waals surface area (Å²) >= 11 is 1.64. The van der Waals surface area contributed by atoms with Gasteiger partial charge in [0.25, 0.3) is 5.91 Å². The molecule has 0 spiro atoms. The van der Waals surface area contributed by atoms with Gasteiger partial charge in [-0.1, -0.05) is 12.1 Å². The molecule has 9 heteroatoms. The number of pyridine rings is 1. The van der Waals surface area contributed by atoms with Crippen molar-refractivity contribution in [2.24, 2.45) is 0 Å². The maximum atomic E-state index is 13.1. The van der Waals surface area contributed by atoms with Crippen LogP contribution in [0.25, 0.3) is 11.1 Å². The molecule has 1 aliphatic rings. The molecule has 4 rings (SSSR count). The first-order valence-electron chi connectivity index (χ1n) is 13.5. The number of hydroxylamine groups is 1. The Bertz CT molecular complexity index is 1200. The molecule has 1 fully saturated rings. The zero-order chi connectivity index (χ0) is 27.8. The van der Waals surface area contributed by atoms with Crippen molar-refractivity contribution in [3.63, 3.8) is 0 Å². The summed E-state index contributed by atoms with van der Waals surface area (Å²) in [6.45, 7) is 9.22. The quantitative estimate of drug-likeness (QED) is 0.341. The number of carbonyl (C=O) groups is 2. The van der Waals surface area contributed by atoms with Gasteiger partial charge in [-0.3, -0.25) is 14.6 Å². The van der Waals surface area contributed by atoms with Gasteiger partial charge in [-0.05, 0) is 96.8 Å². The fourth-order valence-corrected chi connectivity index (χ4v) is 6.09. The van der Waals surface area contributed by atoms with E-state index in [0.717, 1.165) is 65.7 Å². The number of nitrogens with one attached hydrogen (secondary N) is 2. The number of benzene rings is 1. The van der Waals surface area contributed by atoms with Crippen molar-refractivity contribution in [3.05, 3.63) is 75.7 Å². The van der Waals surface area contributed by atoms with Gasteiger partial charge in [0.2, 0.25) is 0 Å². The molecule has 1 atom stereocenters. The minimum absolute atomic E-state index is 0.0228. The van der Waals surface area contributed by atoms with Gasteiger partial charge in [0, 0.05) is 56.2 Å². The minimum atomic E-state index is -0.197. The SMILES string of the molecule is CONC(=O)N(Cc1ccsc1)C1CCN(C(C)CCNC(=O)c2c(C)cc(-c3ccncc3)cc2C)CC1. The van der Waals surface area contributed by atoms with Gasteiger partial charge >= 0.3 is 6.03 Å². The standard InChI is InChI=1S/C30H39N5O3S/c1-21-17-26(25-6-11-31-12-7-25)18-22(2)28(21)29(36)32-13-5-23(3)34-14-8-27(9-15-34)35(30(37)33-38-4)19-24-10-16-39-20-24/h6-7,10-12,16-18,20,23,27H,5,8-9,13-15,19H2,1-4H3,(H,32,36)(H,33,37). The van der Waals surface area contributed by atoms with Crippen molar-refractivity contribution < 1.29 is 14.4 Å². The van der Waals surface area contributed by atoms with Crippen LogP contribution in [0.3, 0.4) is 0 Å². The Morgan fingerprint density at radius 1 is 1.13 bits per heavy atom. The van der Waals surface area contributed by atoms with E-state index in [1.807, 2.05) is 36.3 Å². The average Bonchev–Trinajstić information content (AvgIpc) is 3.45. The second-order valence-corrected chi connectivity index (χ2v) is 11.0. The lowest BCUT2D eigenvalue weighted by Crippen LogP contribution is -2.51. The van der Waals surface area contributed by atoms with E-state index < -0.39 is 0 Å². The molecule has 0 radical (unpaired) electrons. The molecule has 0 aliphatic carbocycles. The monoisotopic (exact) mass is 549 g/mol. The molecule has 208 valence electrons. The van der Waals surface area contributed by atoms with Gasteiger partial charge in [0.15, 0.2) is 0 Å². The van der Waals surface area contributed by atoms with Crippen LogP contribution in [-0.4, -0.2) is 65.5 Å². The third-order valence-electron chi connectivity index (χ3n) is 7.57. The van der Waals surface area contributed by atoms with Gasteiger partial charge < -0.3 is 15.1 Å². The minimum Gasteiger partial charge on any atom is -0.352 e. The molecule has 0 saturated carbocycles. The average molecular weight is 550 g/mol. The highest BCUT2D eigenvalue weighted by Gasteiger charge is 2.30. The van der Waals surface area contributed by atoms with Crippen molar-refractivity contribution in [1.29, 1.82) is 0 Å². The maximum absolute atomic E-state index is 13.1.